The van der Waals surface area contributed by atoms with Crippen LogP contribution in [-0.2, 0) is 4.79 Å². The monoisotopic (exact) mass is 478 g/mol. The Morgan fingerprint density at radius 3 is 2.38 bits per heavy atom. The molecule has 0 bridgehead atoms. The van der Waals surface area contributed by atoms with Gasteiger partial charge in [-0.25, -0.2) is 4.98 Å². The van der Waals surface area contributed by atoms with Gasteiger partial charge in [-0.3, -0.25) is 4.79 Å². The largest absolute Gasteiger partial charge is 0.301 e. The number of benzene rings is 2. The Hall–Kier alpha value is -1.97. The molecule has 1 N–H and O–H groups in total. The summed E-state index contributed by atoms with van der Waals surface area (Å²) in [5.41, 5.74) is 3.93. The number of anilines is 1. The van der Waals surface area contributed by atoms with Gasteiger partial charge in [-0.05, 0) is 12.1 Å². The van der Waals surface area contributed by atoms with E-state index in [1.165, 1.54) is 34.4 Å². The molecule has 146 valence electrons. The zero-order valence-corrected chi connectivity index (χ0v) is 18.6. The molecule has 2 heterocycles. The van der Waals surface area contributed by atoms with Crippen molar-refractivity contribution in [2.75, 3.05) is 11.1 Å². The molecule has 0 saturated carbocycles. The molecule has 0 atom stereocenters. The highest BCUT2D eigenvalue weighted by molar-refractivity contribution is 8.01. The first kappa shape index (κ1) is 20.3. The predicted molar refractivity (Wildman–Crippen MR) is 122 cm³/mol. The summed E-state index contributed by atoms with van der Waals surface area (Å²) in [4.78, 5) is 17.9. The molecular weight excluding hydrogens is 467 g/mol. The van der Waals surface area contributed by atoms with E-state index in [0.29, 0.717) is 20.9 Å². The summed E-state index contributed by atoms with van der Waals surface area (Å²) in [6.45, 7) is 0. The molecule has 0 unspecified atom stereocenters. The number of thiazole rings is 1. The Labute approximate surface area is 189 Å². The third-order valence-corrected chi connectivity index (χ3v) is 7.31. The highest BCUT2D eigenvalue weighted by atomic mass is 35.5. The average Bonchev–Trinajstić information content (AvgIpc) is 3.37. The minimum Gasteiger partial charge on any atom is -0.301 e. The number of nitrogens with zero attached hydrogens (tertiary/aromatic N) is 3. The number of hydrogen-bond donors (Lipinski definition) is 1. The van der Waals surface area contributed by atoms with Crippen molar-refractivity contribution < 1.29 is 4.79 Å². The molecule has 0 aliphatic rings. The topological polar surface area (TPSA) is 67.8 Å². The van der Waals surface area contributed by atoms with E-state index in [1.807, 2.05) is 48.5 Å². The van der Waals surface area contributed by atoms with Crippen LogP contribution in [-0.4, -0.2) is 26.8 Å². The van der Waals surface area contributed by atoms with E-state index < -0.39 is 0 Å². The van der Waals surface area contributed by atoms with Crippen molar-refractivity contribution in [1.29, 1.82) is 0 Å². The number of carbonyl (C=O) groups excluding carboxylic acids is 1. The van der Waals surface area contributed by atoms with Crippen LogP contribution in [0.25, 0.3) is 21.7 Å². The molecule has 5 nitrogen and oxygen atoms in total. The van der Waals surface area contributed by atoms with Gasteiger partial charge in [-0.1, -0.05) is 94.0 Å². The van der Waals surface area contributed by atoms with Crippen LogP contribution in [0.2, 0.25) is 10.0 Å². The highest BCUT2D eigenvalue weighted by Gasteiger charge is 2.20. The van der Waals surface area contributed by atoms with Crippen LogP contribution >= 0.6 is 57.6 Å². The molecule has 4 rings (SSSR count). The van der Waals surface area contributed by atoms with Gasteiger partial charge >= 0.3 is 0 Å². The van der Waals surface area contributed by atoms with E-state index in [-0.39, 0.29) is 11.7 Å². The smallest absolute Gasteiger partial charge is 0.236 e. The number of aromatic nitrogens is 3. The SMILES string of the molecule is O=C(CSc1nncs1)Nc1nc(-c2ccccc2Cl)c(-c2ccccc2Cl)s1. The fourth-order valence-electron chi connectivity index (χ4n) is 2.55. The van der Waals surface area contributed by atoms with Gasteiger partial charge in [0, 0.05) is 16.1 Å². The van der Waals surface area contributed by atoms with Crippen molar-refractivity contribution in [1.82, 2.24) is 15.2 Å². The lowest BCUT2D eigenvalue weighted by Gasteiger charge is -2.06. The molecule has 0 aliphatic heterocycles. The molecule has 0 saturated heterocycles. The molecule has 0 radical (unpaired) electrons. The van der Waals surface area contributed by atoms with Crippen LogP contribution in [0.1, 0.15) is 0 Å². The van der Waals surface area contributed by atoms with Crippen LogP contribution in [0.5, 0.6) is 0 Å². The van der Waals surface area contributed by atoms with Crippen molar-refractivity contribution in [2.24, 2.45) is 0 Å². The van der Waals surface area contributed by atoms with Crippen molar-refractivity contribution in [2.45, 2.75) is 4.34 Å². The van der Waals surface area contributed by atoms with Crippen LogP contribution in [0.15, 0.2) is 58.4 Å². The van der Waals surface area contributed by atoms with Gasteiger partial charge in [0.05, 0.1) is 21.3 Å². The molecule has 1 amide bonds. The summed E-state index contributed by atoms with van der Waals surface area (Å²) >= 11 is 16.9. The van der Waals surface area contributed by atoms with Crippen molar-refractivity contribution in [3.63, 3.8) is 0 Å². The van der Waals surface area contributed by atoms with Crippen LogP contribution in [0, 0.1) is 0 Å². The van der Waals surface area contributed by atoms with E-state index in [9.17, 15) is 4.79 Å². The Bertz CT molecular complexity index is 1090. The van der Waals surface area contributed by atoms with E-state index in [4.69, 9.17) is 23.2 Å². The second-order valence-corrected chi connectivity index (χ2v) is 9.57. The second-order valence-electron chi connectivity index (χ2n) is 5.70. The maximum Gasteiger partial charge on any atom is 0.236 e. The van der Waals surface area contributed by atoms with E-state index in [1.54, 1.807) is 5.51 Å². The third-order valence-electron chi connectivity index (χ3n) is 3.79. The lowest BCUT2D eigenvalue weighted by molar-refractivity contribution is -0.113. The minimum atomic E-state index is -0.171. The number of carbonyl (C=O) groups is 1. The molecule has 2 aromatic heterocycles. The Kier molecular flexibility index (Phi) is 6.46. The number of rotatable bonds is 6. The van der Waals surface area contributed by atoms with Gasteiger partial charge in [0.2, 0.25) is 5.91 Å². The predicted octanol–water partition coefficient (Wildman–Crippen LogP) is 6.37. The van der Waals surface area contributed by atoms with E-state index in [0.717, 1.165) is 20.3 Å². The van der Waals surface area contributed by atoms with Crippen molar-refractivity contribution in [3.05, 3.63) is 64.1 Å². The van der Waals surface area contributed by atoms with Crippen LogP contribution < -0.4 is 5.32 Å². The molecule has 2 aromatic carbocycles. The molecule has 4 aromatic rings. The fraction of sp³-hybridized carbons (Fsp3) is 0.0526. The summed E-state index contributed by atoms with van der Waals surface area (Å²) in [5.74, 6) is 0.0489. The van der Waals surface area contributed by atoms with E-state index >= 15 is 0 Å². The number of amides is 1. The van der Waals surface area contributed by atoms with Gasteiger partial charge in [-0.2, -0.15) is 0 Å². The molecule has 29 heavy (non-hydrogen) atoms. The molecule has 0 aliphatic carbocycles. The van der Waals surface area contributed by atoms with Gasteiger partial charge in [-0.15, -0.1) is 10.2 Å². The quantitative estimate of drug-likeness (QED) is 0.326. The summed E-state index contributed by atoms with van der Waals surface area (Å²) in [7, 11) is 0. The van der Waals surface area contributed by atoms with Gasteiger partial charge in [0.25, 0.3) is 0 Å². The van der Waals surface area contributed by atoms with Crippen molar-refractivity contribution >= 4 is 68.7 Å². The zero-order chi connectivity index (χ0) is 20.2. The lowest BCUT2D eigenvalue weighted by Crippen LogP contribution is -2.13. The Balaban J connectivity index is 1.65. The molecule has 0 fully saturated rings. The minimum absolute atomic E-state index is 0.171. The number of halogens is 2. The Morgan fingerprint density at radius 2 is 1.72 bits per heavy atom. The number of thioether (sulfide) groups is 1. The van der Waals surface area contributed by atoms with E-state index in [2.05, 4.69) is 20.5 Å². The van der Waals surface area contributed by atoms with Crippen LogP contribution in [0.3, 0.4) is 0 Å². The number of nitrogens with one attached hydrogen (secondary N) is 1. The van der Waals surface area contributed by atoms with Gasteiger partial charge in [0.1, 0.15) is 5.51 Å². The average molecular weight is 479 g/mol. The first-order chi connectivity index (χ1) is 14.1. The van der Waals surface area contributed by atoms with Gasteiger partial charge < -0.3 is 5.32 Å². The zero-order valence-electron chi connectivity index (χ0n) is 14.6. The van der Waals surface area contributed by atoms with Crippen LogP contribution in [0.4, 0.5) is 5.13 Å². The fourth-order valence-corrected chi connectivity index (χ4v) is 5.38. The molecular formula is C19H12Cl2N4OS3. The maximum atomic E-state index is 12.4. The van der Waals surface area contributed by atoms with Crippen molar-refractivity contribution in [3.8, 4) is 21.7 Å². The summed E-state index contributed by atoms with van der Waals surface area (Å²) in [6.07, 6.45) is 0. The molecule has 10 heteroatoms. The standard InChI is InChI=1S/C19H12Cl2N4OS3/c20-13-7-3-1-5-11(13)16-17(12-6-2-4-8-14(12)21)29-18(24-16)23-15(26)9-27-19-25-22-10-28-19/h1-8,10H,9H2,(H,23,24,26). The lowest BCUT2D eigenvalue weighted by atomic mass is 10.1. The first-order valence-electron chi connectivity index (χ1n) is 8.31. The summed E-state index contributed by atoms with van der Waals surface area (Å²) in [5, 5.41) is 12.2. The Morgan fingerprint density at radius 1 is 1.03 bits per heavy atom. The first-order valence-corrected chi connectivity index (χ1v) is 11.7. The second kappa shape index (κ2) is 9.23. The summed E-state index contributed by atoms with van der Waals surface area (Å²) < 4.78 is 0.743. The summed E-state index contributed by atoms with van der Waals surface area (Å²) in [6, 6.07) is 15.0. The number of hydrogen-bond acceptors (Lipinski definition) is 7. The third kappa shape index (κ3) is 4.79. The highest BCUT2D eigenvalue weighted by Crippen LogP contribution is 2.43. The molecule has 0 spiro atoms. The van der Waals surface area contributed by atoms with Gasteiger partial charge in [0.15, 0.2) is 9.47 Å². The maximum absolute atomic E-state index is 12.4. The normalized spacial score (nSPS) is 10.8.